The number of hydrogen-bond acceptors (Lipinski definition) is 6. The Kier molecular flexibility index (Phi) is 5.34. The maximum Gasteiger partial charge on any atom is 0.227 e. The summed E-state index contributed by atoms with van der Waals surface area (Å²) in [6.07, 6.45) is 3.15. The van der Waals surface area contributed by atoms with E-state index in [9.17, 15) is 0 Å². The third-order valence-corrected chi connectivity index (χ3v) is 2.87. The number of nitrogen functional groups attached to an aromatic ring is 1. The van der Waals surface area contributed by atoms with Crippen LogP contribution < -0.4 is 20.7 Å². The van der Waals surface area contributed by atoms with E-state index < -0.39 is 0 Å². The van der Waals surface area contributed by atoms with Gasteiger partial charge in [-0.2, -0.15) is 0 Å². The number of ether oxygens (including phenoxy) is 2. The largest absolute Gasteiger partial charge is 0.494 e. The Labute approximate surface area is 124 Å². The second-order valence-electron chi connectivity index (χ2n) is 4.41. The van der Waals surface area contributed by atoms with Crippen LogP contribution in [0.4, 0.5) is 5.82 Å². The van der Waals surface area contributed by atoms with Crippen molar-refractivity contribution in [3.05, 3.63) is 36.2 Å². The number of hydrazine groups is 1. The second kappa shape index (κ2) is 7.44. The quantitative estimate of drug-likeness (QED) is 0.602. The first-order chi connectivity index (χ1) is 10.3. The van der Waals surface area contributed by atoms with Crippen LogP contribution in [-0.4, -0.2) is 16.6 Å². The molecule has 1 heterocycles. The number of aromatic nitrogens is 2. The lowest BCUT2D eigenvalue weighted by molar-refractivity contribution is 0.337. The molecular weight excluding hydrogens is 268 g/mol. The molecule has 0 unspecified atom stereocenters. The third kappa shape index (κ3) is 3.82. The SMILES string of the molecule is CCCc1c(NN)ncnc1Oc1cccc(OCC)c1. The van der Waals surface area contributed by atoms with Gasteiger partial charge in [0.2, 0.25) is 5.88 Å². The maximum absolute atomic E-state index is 5.86. The van der Waals surface area contributed by atoms with Gasteiger partial charge in [0.15, 0.2) is 0 Å². The van der Waals surface area contributed by atoms with Crippen molar-refractivity contribution in [1.82, 2.24) is 9.97 Å². The molecule has 112 valence electrons. The van der Waals surface area contributed by atoms with Crippen molar-refractivity contribution in [3.63, 3.8) is 0 Å². The molecule has 0 atom stereocenters. The van der Waals surface area contributed by atoms with Crippen LogP contribution in [0.2, 0.25) is 0 Å². The zero-order valence-electron chi connectivity index (χ0n) is 12.3. The molecule has 2 aromatic rings. The average Bonchev–Trinajstić information content (AvgIpc) is 2.50. The van der Waals surface area contributed by atoms with Gasteiger partial charge in [0.1, 0.15) is 23.6 Å². The molecule has 0 saturated carbocycles. The lowest BCUT2D eigenvalue weighted by Crippen LogP contribution is -2.12. The molecule has 0 aliphatic carbocycles. The van der Waals surface area contributed by atoms with Crippen molar-refractivity contribution in [2.45, 2.75) is 26.7 Å². The van der Waals surface area contributed by atoms with Gasteiger partial charge in [-0.25, -0.2) is 15.8 Å². The highest BCUT2D eigenvalue weighted by molar-refractivity contribution is 5.49. The lowest BCUT2D eigenvalue weighted by Gasteiger charge is -2.13. The first kappa shape index (κ1) is 15.1. The Morgan fingerprint density at radius 3 is 2.71 bits per heavy atom. The minimum atomic E-state index is 0.508. The third-order valence-electron chi connectivity index (χ3n) is 2.87. The molecule has 0 aliphatic rings. The molecule has 0 amide bonds. The van der Waals surface area contributed by atoms with Gasteiger partial charge in [0.05, 0.1) is 12.2 Å². The highest BCUT2D eigenvalue weighted by atomic mass is 16.5. The number of nitrogens with two attached hydrogens (primary N) is 1. The Balaban J connectivity index is 2.28. The molecular formula is C15H20N4O2. The van der Waals surface area contributed by atoms with E-state index in [4.69, 9.17) is 15.3 Å². The number of nitrogens with one attached hydrogen (secondary N) is 1. The number of anilines is 1. The van der Waals surface area contributed by atoms with E-state index in [-0.39, 0.29) is 0 Å². The molecule has 0 aliphatic heterocycles. The standard InChI is InChI=1S/C15H20N4O2/c1-3-6-13-14(19-16)17-10-18-15(13)21-12-8-5-7-11(9-12)20-4-2/h5,7-10H,3-4,6,16H2,1-2H3,(H,17,18,19). The van der Waals surface area contributed by atoms with Crippen LogP contribution in [0.15, 0.2) is 30.6 Å². The van der Waals surface area contributed by atoms with Crippen LogP contribution in [-0.2, 0) is 6.42 Å². The fourth-order valence-corrected chi connectivity index (χ4v) is 1.99. The summed E-state index contributed by atoms with van der Waals surface area (Å²) in [6, 6.07) is 7.45. The molecule has 0 fully saturated rings. The predicted molar refractivity (Wildman–Crippen MR) is 81.5 cm³/mol. The van der Waals surface area contributed by atoms with Gasteiger partial charge in [-0.1, -0.05) is 19.4 Å². The summed E-state index contributed by atoms with van der Waals surface area (Å²) >= 11 is 0. The van der Waals surface area contributed by atoms with Crippen LogP contribution in [0.25, 0.3) is 0 Å². The van der Waals surface area contributed by atoms with Crippen molar-refractivity contribution in [2.24, 2.45) is 5.84 Å². The van der Waals surface area contributed by atoms with Crippen molar-refractivity contribution in [3.8, 4) is 17.4 Å². The smallest absolute Gasteiger partial charge is 0.227 e. The number of rotatable bonds is 7. The molecule has 0 saturated heterocycles. The molecule has 2 rings (SSSR count). The van der Waals surface area contributed by atoms with Crippen LogP contribution in [0.3, 0.4) is 0 Å². The van der Waals surface area contributed by atoms with Crippen LogP contribution in [0, 0.1) is 0 Å². The molecule has 3 N–H and O–H groups in total. The summed E-state index contributed by atoms with van der Waals surface area (Å²) in [5.74, 6) is 8.01. The van der Waals surface area contributed by atoms with Crippen molar-refractivity contribution in [2.75, 3.05) is 12.0 Å². The Morgan fingerprint density at radius 2 is 2.00 bits per heavy atom. The van der Waals surface area contributed by atoms with Crippen LogP contribution >= 0.6 is 0 Å². The second-order valence-corrected chi connectivity index (χ2v) is 4.41. The van der Waals surface area contributed by atoms with Gasteiger partial charge >= 0.3 is 0 Å². The van der Waals surface area contributed by atoms with E-state index in [1.165, 1.54) is 6.33 Å². The summed E-state index contributed by atoms with van der Waals surface area (Å²) in [5, 5.41) is 0. The van der Waals surface area contributed by atoms with E-state index in [1.807, 2.05) is 31.2 Å². The van der Waals surface area contributed by atoms with Gasteiger partial charge in [-0.3, -0.25) is 0 Å². The summed E-state index contributed by atoms with van der Waals surface area (Å²) < 4.78 is 11.3. The summed E-state index contributed by atoms with van der Waals surface area (Å²) in [7, 11) is 0. The van der Waals surface area contributed by atoms with E-state index in [0.29, 0.717) is 24.1 Å². The van der Waals surface area contributed by atoms with E-state index in [1.54, 1.807) is 0 Å². The first-order valence-corrected chi connectivity index (χ1v) is 6.99. The molecule has 6 nitrogen and oxygen atoms in total. The predicted octanol–water partition coefficient (Wildman–Crippen LogP) is 2.91. The lowest BCUT2D eigenvalue weighted by atomic mass is 10.2. The number of nitrogens with zero attached hydrogens (tertiary/aromatic N) is 2. The minimum Gasteiger partial charge on any atom is -0.494 e. The molecule has 1 aromatic carbocycles. The van der Waals surface area contributed by atoms with Gasteiger partial charge in [0, 0.05) is 6.07 Å². The highest BCUT2D eigenvalue weighted by Crippen LogP contribution is 2.29. The Bertz CT molecular complexity index is 590. The zero-order chi connectivity index (χ0) is 15.1. The van der Waals surface area contributed by atoms with Crippen molar-refractivity contribution < 1.29 is 9.47 Å². The van der Waals surface area contributed by atoms with Gasteiger partial charge < -0.3 is 14.9 Å². The van der Waals surface area contributed by atoms with Crippen LogP contribution in [0.1, 0.15) is 25.8 Å². The normalized spacial score (nSPS) is 10.2. The average molecular weight is 288 g/mol. The zero-order valence-corrected chi connectivity index (χ0v) is 12.3. The molecule has 0 spiro atoms. The van der Waals surface area contributed by atoms with Gasteiger partial charge in [-0.15, -0.1) is 0 Å². The molecule has 21 heavy (non-hydrogen) atoms. The first-order valence-electron chi connectivity index (χ1n) is 6.99. The number of benzene rings is 1. The summed E-state index contributed by atoms with van der Waals surface area (Å²) in [6.45, 7) is 4.63. The fourth-order valence-electron chi connectivity index (χ4n) is 1.99. The number of hydrogen-bond donors (Lipinski definition) is 2. The topological polar surface area (TPSA) is 82.3 Å². The van der Waals surface area contributed by atoms with E-state index >= 15 is 0 Å². The Hall–Kier alpha value is -2.34. The molecule has 0 bridgehead atoms. The summed E-state index contributed by atoms with van der Waals surface area (Å²) in [4.78, 5) is 8.32. The van der Waals surface area contributed by atoms with Crippen molar-refractivity contribution >= 4 is 5.82 Å². The fraction of sp³-hybridized carbons (Fsp3) is 0.333. The monoisotopic (exact) mass is 288 g/mol. The minimum absolute atomic E-state index is 0.508. The molecule has 1 aromatic heterocycles. The van der Waals surface area contributed by atoms with Gasteiger partial charge in [-0.05, 0) is 25.5 Å². The van der Waals surface area contributed by atoms with Crippen LogP contribution in [0.5, 0.6) is 17.4 Å². The van der Waals surface area contributed by atoms with E-state index in [2.05, 4.69) is 22.3 Å². The van der Waals surface area contributed by atoms with Crippen molar-refractivity contribution in [1.29, 1.82) is 0 Å². The van der Waals surface area contributed by atoms with Gasteiger partial charge in [0.25, 0.3) is 0 Å². The molecule has 0 radical (unpaired) electrons. The maximum atomic E-state index is 5.86. The van der Waals surface area contributed by atoms with E-state index in [0.717, 1.165) is 24.2 Å². The molecule has 6 heteroatoms. The summed E-state index contributed by atoms with van der Waals surface area (Å²) in [5.41, 5.74) is 3.45. The Morgan fingerprint density at radius 1 is 1.19 bits per heavy atom. The highest BCUT2D eigenvalue weighted by Gasteiger charge is 2.12.